The predicted molar refractivity (Wildman–Crippen MR) is 198 cm³/mol. The third kappa shape index (κ3) is 8.58. The first-order chi connectivity index (χ1) is 25.7. The van der Waals surface area contributed by atoms with Crippen molar-refractivity contribution in [1.82, 2.24) is 29.8 Å². The van der Waals surface area contributed by atoms with E-state index in [4.69, 9.17) is 43.3 Å². The second-order valence-corrected chi connectivity index (χ2v) is 13.0. The van der Waals surface area contributed by atoms with E-state index in [1.165, 1.54) is 7.11 Å². The summed E-state index contributed by atoms with van der Waals surface area (Å²) >= 11 is 0. The van der Waals surface area contributed by atoms with Crippen LogP contribution < -0.4 is 19.6 Å². The van der Waals surface area contributed by atoms with Gasteiger partial charge in [0.25, 0.3) is 0 Å². The molecule has 0 saturated carbocycles. The number of carbonyl (C=O) groups excluding carboxylic acids is 2. The summed E-state index contributed by atoms with van der Waals surface area (Å²) in [7, 11) is 8.13. The van der Waals surface area contributed by atoms with Gasteiger partial charge in [0.15, 0.2) is 17.5 Å². The number of fused-ring (bicyclic) bond motifs is 2. The molecule has 284 valence electrons. The van der Waals surface area contributed by atoms with Gasteiger partial charge < -0.3 is 47.9 Å². The number of hydrogen-bond donors (Lipinski definition) is 0. The molecule has 1 fully saturated rings. The molecule has 5 heterocycles. The number of aromatic nitrogens is 5. The van der Waals surface area contributed by atoms with Gasteiger partial charge in [-0.05, 0) is 17.7 Å². The number of likely N-dealkylation sites (N-methyl/N-ethyl adjacent to an activating group) is 1. The quantitative estimate of drug-likeness (QED) is 0.154. The number of anilines is 4. The van der Waals surface area contributed by atoms with Gasteiger partial charge in [-0.3, -0.25) is 4.79 Å². The van der Waals surface area contributed by atoms with Gasteiger partial charge in [-0.15, -0.1) is 0 Å². The molecule has 17 nitrogen and oxygen atoms in total. The molecule has 1 amide bonds. The molecule has 0 N–H and O–H groups in total. The molecule has 53 heavy (non-hydrogen) atoms. The lowest BCUT2D eigenvalue weighted by atomic mass is 10.1. The molecule has 0 aliphatic carbocycles. The molecule has 0 atom stereocenters. The van der Waals surface area contributed by atoms with E-state index >= 15 is 0 Å². The average Bonchev–Trinajstić information content (AvgIpc) is 3.56. The Morgan fingerprint density at radius 2 is 1.36 bits per heavy atom. The van der Waals surface area contributed by atoms with E-state index in [1.54, 1.807) is 45.4 Å². The molecule has 0 radical (unpaired) electrons. The van der Waals surface area contributed by atoms with Crippen LogP contribution in [0.2, 0.25) is 0 Å². The molecule has 0 spiro atoms. The number of hydrogen-bond acceptors (Lipinski definition) is 16. The minimum atomic E-state index is -0.405. The van der Waals surface area contributed by atoms with Gasteiger partial charge in [0.1, 0.15) is 22.5 Å². The highest BCUT2D eigenvalue weighted by Gasteiger charge is 2.31. The van der Waals surface area contributed by atoms with Crippen LogP contribution in [0.1, 0.15) is 33.3 Å². The van der Waals surface area contributed by atoms with E-state index in [1.807, 2.05) is 33.8 Å². The maximum absolute atomic E-state index is 13.1. The molecule has 0 bridgehead atoms. The minimum absolute atomic E-state index is 0.0206. The third-order valence-corrected chi connectivity index (χ3v) is 9.38. The number of nitrogens with zero attached hydrogens (tertiary/aromatic N) is 10. The number of oxazole rings is 1. The number of aryl methyl sites for hydroxylation is 1. The molecule has 3 aromatic heterocycles. The van der Waals surface area contributed by atoms with Gasteiger partial charge in [0.2, 0.25) is 17.8 Å². The first-order valence-electron chi connectivity index (χ1n) is 17.7. The van der Waals surface area contributed by atoms with Crippen LogP contribution in [0.4, 0.5) is 23.5 Å². The van der Waals surface area contributed by atoms with Crippen molar-refractivity contribution in [3.05, 3.63) is 52.7 Å². The van der Waals surface area contributed by atoms with Crippen LogP contribution in [0.5, 0.6) is 0 Å². The molecule has 17 heteroatoms. The lowest BCUT2D eigenvalue weighted by Gasteiger charge is -2.34. The van der Waals surface area contributed by atoms with Crippen molar-refractivity contribution >= 4 is 46.4 Å². The second kappa shape index (κ2) is 17.1. The Morgan fingerprint density at radius 1 is 0.774 bits per heavy atom. The van der Waals surface area contributed by atoms with E-state index in [-0.39, 0.29) is 12.5 Å². The standard InChI is InChI=1S/C36H48N10O7/c1-24-37-27-22-44(12-11-28(27)53-24)32-30-31(38-35(40-32)43(15-18-49-3)16-19-50-4)33(45-14-13-42(2)29(47)23-45)41-36(39-30)46(17-20-51-5)21-25-7-9-26(10-8-25)34(48)52-6/h7-10H,11-23H2,1-6H3. The molecular weight excluding hydrogens is 684 g/mol. The molecule has 2 aliphatic heterocycles. The molecule has 6 rings (SSSR count). The number of amides is 1. The van der Waals surface area contributed by atoms with Crippen LogP contribution in [0.15, 0.2) is 28.7 Å². The van der Waals surface area contributed by atoms with E-state index in [0.29, 0.717) is 125 Å². The van der Waals surface area contributed by atoms with E-state index in [0.717, 1.165) is 17.0 Å². The zero-order valence-corrected chi connectivity index (χ0v) is 31.3. The Kier molecular flexibility index (Phi) is 12.2. The highest BCUT2D eigenvalue weighted by atomic mass is 16.5. The van der Waals surface area contributed by atoms with Crippen LogP contribution in [0, 0.1) is 6.92 Å². The fourth-order valence-corrected chi connectivity index (χ4v) is 6.38. The first kappa shape index (κ1) is 37.6. The van der Waals surface area contributed by atoms with Crippen molar-refractivity contribution < 1.29 is 33.0 Å². The molecule has 2 aliphatic rings. The van der Waals surface area contributed by atoms with Crippen LogP contribution in [-0.2, 0) is 43.3 Å². The molecular formula is C36H48N10O7. The Balaban J connectivity index is 1.53. The van der Waals surface area contributed by atoms with Crippen LogP contribution in [-0.4, -0.2) is 143 Å². The van der Waals surface area contributed by atoms with Crippen molar-refractivity contribution in [2.24, 2.45) is 0 Å². The summed E-state index contributed by atoms with van der Waals surface area (Å²) in [6.45, 7) is 7.39. The number of esters is 1. The first-order valence-corrected chi connectivity index (χ1v) is 17.7. The number of carbonyl (C=O) groups is 2. The molecule has 1 saturated heterocycles. The van der Waals surface area contributed by atoms with E-state index in [2.05, 4.69) is 9.88 Å². The highest BCUT2D eigenvalue weighted by Crippen LogP contribution is 2.35. The summed E-state index contributed by atoms with van der Waals surface area (Å²) in [5.41, 5.74) is 3.32. The fraction of sp³-hybridized carbons (Fsp3) is 0.528. The van der Waals surface area contributed by atoms with Gasteiger partial charge in [0, 0.05) is 87.5 Å². The predicted octanol–water partition coefficient (Wildman–Crippen LogP) is 2.10. The zero-order valence-electron chi connectivity index (χ0n) is 31.3. The number of rotatable bonds is 16. The Labute approximate surface area is 308 Å². The molecule has 1 aromatic carbocycles. The monoisotopic (exact) mass is 732 g/mol. The van der Waals surface area contributed by atoms with Crippen molar-refractivity contribution in [2.75, 3.05) is 121 Å². The van der Waals surface area contributed by atoms with Crippen LogP contribution >= 0.6 is 0 Å². The van der Waals surface area contributed by atoms with Gasteiger partial charge >= 0.3 is 5.97 Å². The van der Waals surface area contributed by atoms with Gasteiger partial charge in [0.05, 0.1) is 45.6 Å². The minimum Gasteiger partial charge on any atom is -0.465 e. The Bertz CT molecular complexity index is 1880. The normalized spacial score (nSPS) is 14.5. The highest BCUT2D eigenvalue weighted by molar-refractivity contribution is 5.96. The number of methoxy groups -OCH3 is 4. The topological polar surface area (TPSA) is 165 Å². The van der Waals surface area contributed by atoms with Crippen LogP contribution in [0.3, 0.4) is 0 Å². The molecule has 4 aromatic rings. The van der Waals surface area contributed by atoms with Crippen molar-refractivity contribution in [3.8, 4) is 0 Å². The summed E-state index contributed by atoms with van der Waals surface area (Å²) in [5, 5.41) is 0. The lowest BCUT2D eigenvalue weighted by molar-refractivity contribution is -0.129. The smallest absolute Gasteiger partial charge is 0.337 e. The maximum atomic E-state index is 13.1. The maximum Gasteiger partial charge on any atom is 0.337 e. The SMILES string of the molecule is COCCN(CCOC)c1nc(N2CCc3oc(C)nc3C2)c2nc(N(CCOC)Cc3ccc(C(=O)OC)cc3)nc(N3CCN(C)C(=O)C3)c2n1. The lowest BCUT2D eigenvalue weighted by Crippen LogP contribution is -2.49. The largest absolute Gasteiger partial charge is 0.465 e. The van der Waals surface area contributed by atoms with Gasteiger partial charge in [-0.1, -0.05) is 12.1 Å². The number of ether oxygens (including phenoxy) is 4. The van der Waals surface area contributed by atoms with Crippen molar-refractivity contribution in [3.63, 3.8) is 0 Å². The third-order valence-electron chi connectivity index (χ3n) is 9.38. The van der Waals surface area contributed by atoms with Crippen molar-refractivity contribution in [1.29, 1.82) is 0 Å². The second-order valence-electron chi connectivity index (χ2n) is 13.0. The summed E-state index contributed by atoms with van der Waals surface area (Å²) in [4.78, 5) is 60.6. The summed E-state index contributed by atoms with van der Waals surface area (Å²) < 4.78 is 27.2. The number of benzene rings is 1. The molecule has 0 unspecified atom stereocenters. The summed E-state index contributed by atoms with van der Waals surface area (Å²) in [6, 6.07) is 7.24. The summed E-state index contributed by atoms with van der Waals surface area (Å²) in [6.07, 6.45) is 0.646. The zero-order chi connectivity index (χ0) is 37.5. The van der Waals surface area contributed by atoms with E-state index < -0.39 is 5.97 Å². The van der Waals surface area contributed by atoms with Gasteiger partial charge in [-0.2, -0.15) is 9.97 Å². The van der Waals surface area contributed by atoms with Gasteiger partial charge in [-0.25, -0.2) is 19.7 Å². The Morgan fingerprint density at radius 3 is 1.94 bits per heavy atom. The Hall–Kier alpha value is -5.13. The summed E-state index contributed by atoms with van der Waals surface area (Å²) in [5.74, 6) is 3.12. The number of piperazine rings is 1. The average molecular weight is 733 g/mol. The van der Waals surface area contributed by atoms with Crippen LogP contribution in [0.25, 0.3) is 11.0 Å². The van der Waals surface area contributed by atoms with Crippen molar-refractivity contribution in [2.45, 2.75) is 26.4 Å². The fourth-order valence-electron chi connectivity index (χ4n) is 6.38. The van der Waals surface area contributed by atoms with E-state index in [9.17, 15) is 9.59 Å².